The first kappa shape index (κ1) is 19.8. The summed E-state index contributed by atoms with van der Waals surface area (Å²) in [6.45, 7) is 8.20. The van der Waals surface area contributed by atoms with Gasteiger partial charge in [-0.05, 0) is 44.9 Å². The monoisotopic (exact) mass is 373 g/mol. The highest BCUT2D eigenvalue weighted by Crippen LogP contribution is 2.18. The predicted molar refractivity (Wildman–Crippen MR) is 104 cm³/mol. The van der Waals surface area contributed by atoms with Gasteiger partial charge in [0, 0.05) is 52.0 Å². The summed E-state index contributed by atoms with van der Waals surface area (Å²) in [4.78, 5) is 35.6. The summed E-state index contributed by atoms with van der Waals surface area (Å²) in [7, 11) is 2.13. The van der Waals surface area contributed by atoms with Gasteiger partial charge in [0.1, 0.15) is 5.69 Å². The first-order valence-corrected chi connectivity index (χ1v) is 9.95. The minimum Gasteiger partial charge on any atom is -0.350 e. The quantitative estimate of drug-likeness (QED) is 0.822. The molecule has 2 fully saturated rings. The van der Waals surface area contributed by atoms with Gasteiger partial charge in [-0.3, -0.25) is 19.5 Å². The molecule has 0 bridgehead atoms. The Kier molecular flexibility index (Phi) is 6.79. The summed E-state index contributed by atoms with van der Waals surface area (Å²) in [6.07, 6.45) is 3.49. The molecular formula is C20H31N5O2. The van der Waals surface area contributed by atoms with Crippen LogP contribution < -0.4 is 5.32 Å². The smallest absolute Gasteiger partial charge is 0.269 e. The summed E-state index contributed by atoms with van der Waals surface area (Å²) in [5.74, 6) is 0.536. The van der Waals surface area contributed by atoms with Crippen LogP contribution in [0.2, 0.25) is 0 Å². The molecule has 0 radical (unpaired) electrons. The second-order valence-corrected chi connectivity index (χ2v) is 7.71. The number of rotatable bonds is 5. The molecule has 2 aliphatic heterocycles. The van der Waals surface area contributed by atoms with E-state index in [2.05, 4.69) is 27.1 Å². The number of hydrogen-bond donors (Lipinski definition) is 1. The van der Waals surface area contributed by atoms with Gasteiger partial charge < -0.3 is 15.1 Å². The molecule has 148 valence electrons. The van der Waals surface area contributed by atoms with Crippen molar-refractivity contribution in [2.24, 2.45) is 5.92 Å². The summed E-state index contributed by atoms with van der Waals surface area (Å²) in [6, 6.07) is 5.29. The third kappa shape index (κ3) is 5.26. The highest BCUT2D eigenvalue weighted by molar-refractivity contribution is 5.92. The van der Waals surface area contributed by atoms with Crippen LogP contribution in [0.1, 0.15) is 30.3 Å². The maximum atomic E-state index is 12.8. The Bertz CT molecular complexity index is 623. The summed E-state index contributed by atoms with van der Waals surface area (Å²) < 4.78 is 0. The molecule has 1 unspecified atom stereocenters. The lowest BCUT2D eigenvalue weighted by molar-refractivity contribution is -0.138. The topological polar surface area (TPSA) is 68.8 Å². The molecule has 2 amide bonds. The van der Waals surface area contributed by atoms with Crippen LogP contribution in [0.5, 0.6) is 0 Å². The van der Waals surface area contributed by atoms with E-state index in [1.165, 1.54) is 0 Å². The minimum atomic E-state index is -0.127. The minimum absolute atomic E-state index is 0.0425. The first-order chi connectivity index (χ1) is 13.0. The van der Waals surface area contributed by atoms with Gasteiger partial charge in [-0.1, -0.05) is 6.07 Å². The van der Waals surface area contributed by atoms with E-state index in [-0.39, 0.29) is 17.9 Å². The zero-order valence-corrected chi connectivity index (χ0v) is 16.4. The third-order valence-electron chi connectivity index (χ3n) is 5.82. The second-order valence-electron chi connectivity index (χ2n) is 7.71. The van der Waals surface area contributed by atoms with Gasteiger partial charge in [0.2, 0.25) is 5.91 Å². The maximum absolute atomic E-state index is 12.8. The highest BCUT2D eigenvalue weighted by Gasteiger charge is 2.30. The largest absolute Gasteiger partial charge is 0.350 e. The average Bonchev–Trinajstić information content (AvgIpc) is 2.72. The zero-order chi connectivity index (χ0) is 19.2. The molecule has 0 saturated carbocycles. The lowest BCUT2D eigenvalue weighted by Gasteiger charge is -2.39. The number of aromatic nitrogens is 1. The lowest BCUT2D eigenvalue weighted by atomic mass is 9.96. The molecule has 0 aromatic carbocycles. The Morgan fingerprint density at radius 3 is 2.48 bits per heavy atom. The Hall–Kier alpha value is -1.99. The van der Waals surface area contributed by atoms with Crippen molar-refractivity contribution >= 4 is 11.8 Å². The maximum Gasteiger partial charge on any atom is 0.269 e. The summed E-state index contributed by atoms with van der Waals surface area (Å²) in [5.41, 5.74) is 0.450. The van der Waals surface area contributed by atoms with Crippen LogP contribution in [-0.4, -0.2) is 90.4 Å². The second kappa shape index (κ2) is 9.28. The van der Waals surface area contributed by atoms with E-state index in [0.29, 0.717) is 18.2 Å². The number of piperazine rings is 1. The molecule has 1 aromatic heterocycles. The molecule has 3 rings (SSSR count). The molecule has 1 aromatic rings. The number of nitrogens with zero attached hydrogens (tertiary/aromatic N) is 4. The van der Waals surface area contributed by atoms with E-state index in [9.17, 15) is 9.59 Å². The molecule has 3 heterocycles. The van der Waals surface area contributed by atoms with E-state index in [1.807, 2.05) is 17.9 Å². The first-order valence-electron chi connectivity index (χ1n) is 9.95. The Morgan fingerprint density at radius 1 is 1.15 bits per heavy atom. The SMILES string of the molecule is CC(C(=O)N1CCC(CNC(=O)c2ccccn2)CC1)N1CCN(C)CC1. The molecule has 1 N–H and O–H groups in total. The van der Waals surface area contributed by atoms with Crippen molar-refractivity contribution in [1.29, 1.82) is 0 Å². The zero-order valence-electron chi connectivity index (χ0n) is 16.4. The Balaban J connectivity index is 1.40. The van der Waals surface area contributed by atoms with Gasteiger partial charge in [-0.2, -0.15) is 0 Å². The van der Waals surface area contributed by atoms with Crippen LogP contribution >= 0.6 is 0 Å². The molecule has 27 heavy (non-hydrogen) atoms. The number of piperidine rings is 1. The Morgan fingerprint density at radius 2 is 1.85 bits per heavy atom. The standard InChI is InChI=1S/C20H31N5O2/c1-16(24-13-11-23(2)12-14-24)20(27)25-9-6-17(7-10-25)15-22-19(26)18-5-3-4-8-21-18/h3-5,8,16-17H,6-7,9-15H2,1-2H3,(H,22,26). The van der Waals surface area contributed by atoms with Crippen LogP contribution in [0.25, 0.3) is 0 Å². The van der Waals surface area contributed by atoms with E-state index >= 15 is 0 Å². The van der Waals surface area contributed by atoms with Crippen LogP contribution in [0.15, 0.2) is 24.4 Å². The molecule has 2 aliphatic rings. The van der Waals surface area contributed by atoms with E-state index in [1.54, 1.807) is 18.3 Å². The summed E-state index contributed by atoms with van der Waals surface area (Å²) in [5, 5.41) is 2.97. The predicted octanol–water partition coefficient (Wildman–Crippen LogP) is 0.686. The van der Waals surface area contributed by atoms with Crippen molar-refractivity contribution in [2.45, 2.75) is 25.8 Å². The van der Waals surface area contributed by atoms with Crippen LogP contribution in [0.3, 0.4) is 0 Å². The highest BCUT2D eigenvalue weighted by atomic mass is 16.2. The van der Waals surface area contributed by atoms with Gasteiger partial charge >= 0.3 is 0 Å². The molecule has 2 saturated heterocycles. The third-order valence-corrected chi connectivity index (χ3v) is 5.82. The lowest BCUT2D eigenvalue weighted by Crippen LogP contribution is -2.55. The van der Waals surface area contributed by atoms with Crippen LogP contribution in [-0.2, 0) is 4.79 Å². The van der Waals surface area contributed by atoms with Crippen molar-refractivity contribution < 1.29 is 9.59 Å². The van der Waals surface area contributed by atoms with Crippen molar-refractivity contribution in [1.82, 2.24) is 25.0 Å². The average molecular weight is 374 g/mol. The fourth-order valence-corrected chi connectivity index (χ4v) is 3.81. The number of amides is 2. The number of nitrogens with one attached hydrogen (secondary N) is 1. The molecule has 1 atom stereocenters. The van der Waals surface area contributed by atoms with E-state index in [0.717, 1.165) is 52.1 Å². The number of pyridine rings is 1. The molecule has 0 aliphatic carbocycles. The summed E-state index contributed by atoms with van der Waals surface area (Å²) >= 11 is 0. The number of likely N-dealkylation sites (tertiary alicyclic amines) is 1. The van der Waals surface area contributed by atoms with Gasteiger partial charge in [0.05, 0.1) is 6.04 Å². The number of likely N-dealkylation sites (N-methyl/N-ethyl adjacent to an activating group) is 1. The van der Waals surface area contributed by atoms with Crippen LogP contribution in [0.4, 0.5) is 0 Å². The molecule has 7 nitrogen and oxygen atoms in total. The van der Waals surface area contributed by atoms with Crippen molar-refractivity contribution in [3.63, 3.8) is 0 Å². The van der Waals surface area contributed by atoms with Crippen molar-refractivity contribution in [2.75, 3.05) is 52.9 Å². The van der Waals surface area contributed by atoms with Gasteiger partial charge in [0.15, 0.2) is 0 Å². The fraction of sp³-hybridized carbons (Fsp3) is 0.650. The molecule has 7 heteroatoms. The normalized spacial score (nSPS) is 21.0. The number of carbonyl (C=O) groups is 2. The molecular weight excluding hydrogens is 342 g/mol. The van der Waals surface area contributed by atoms with E-state index < -0.39 is 0 Å². The van der Waals surface area contributed by atoms with Gasteiger partial charge in [0.25, 0.3) is 5.91 Å². The fourth-order valence-electron chi connectivity index (χ4n) is 3.81. The number of carbonyl (C=O) groups excluding carboxylic acids is 2. The molecule has 0 spiro atoms. The van der Waals surface area contributed by atoms with E-state index in [4.69, 9.17) is 0 Å². The van der Waals surface area contributed by atoms with Gasteiger partial charge in [-0.25, -0.2) is 0 Å². The van der Waals surface area contributed by atoms with Crippen molar-refractivity contribution in [3.8, 4) is 0 Å². The van der Waals surface area contributed by atoms with Crippen molar-refractivity contribution in [3.05, 3.63) is 30.1 Å². The van der Waals surface area contributed by atoms with Crippen LogP contribution in [0, 0.1) is 5.92 Å². The Labute approximate surface area is 161 Å². The number of hydrogen-bond acceptors (Lipinski definition) is 5. The van der Waals surface area contributed by atoms with Gasteiger partial charge in [-0.15, -0.1) is 0 Å².